The van der Waals surface area contributed by atoms with Crippen LogP contribution < -0.4 is 16.0 Å². The van der Waals surface area contributed by atoms with Crippen LogP contribution in [-0.4, -0.2) is 52.0 Å². The maximum Gasteiger partial charge on any atom is 0.243 e. The Morgan fingerprint density at radius 2 is 1.84 bits per heavy atom. The van der Waals surface area contributed by atoms with Gasteiger partial charge in [-0.25, -0.2) is 8.42 Å². The van der Waals surface area contributed by atoms with Gasteiger partial charge in [-0.3, -0.25) is 0 Å². The number of hydrogen-bond donors (Lipinski definition) is 3. The number of sulfonamides is 1. The molecule has 0 saturated carbocycles. The van der Waals surface area contributed by atoms with Crippen LogP contribution in [0.5, 0.6) is 0 Å². The zero-order chi connectivity index (χ0) is 18.3. The van der Waals surface area contributed by atoms with Crippen LogP contribution in [0.15, 0.2) is 23.1 Å². The molecule has 0 bridgehead atoms. The number of anilines is 2. The third-order valence-corrected chi connectivity index (χ3v) is 6.89. The van der Waals surface area contributed by atoms with Crippen molar-refractivity contribution >= 4 is 21.4 Å². The summed E-state index contributed by atoms with van der Waals surface area (Å²) in [6.07, 6.45) is 4.01. The quantitative estimate of drug-likeness (QED) is 0.451. The van der Waals surface area contributed by atoms with Gasteiger partial charge in [-0.05, 0) is 44.9 Å². The molecule has 7 heteroatoms. The summed E-state index contributed by atoms with van der Waals surface area (Å²) in [6.45, 7) is 9.76. The Hall–Kier alpha value is -1.31. The van der Waals surface area contributed by atoms with Crippen LogP contribution in [0.1, 0.15) is 39.5 Å². The highest BCUT2D eigenvalue weighted by Crippen LogP contribution is 2.26. The average molecular weight is 370 g/mol. The molecule has 1 saturated heterocycles. The highest BCUT2D eigenvalue weighted by molar-refractivity contribution is 7.89. The first-order valence-electron chi connectivity index (χ1n) is 9.46. The summed E-state index contributed by atoms with van der Waals surface area (Å²) < 4.78 is 27.2. The van der Waals surface area contributed by atoms with E-state index < -0.39 is 10.0 Å². The Morgan fingerprint density at radius 1 is 1.16 bits per heavy atom. The lowest BCUT2D eigenvalue weighted by molar-refractivity contribution is -0.896. The van der Waals surface area contributed by atoms with Crippen molar-refractivity contribution in [1.82, 2.24) is 4.31 Å². The molecule has 1 aliphatic rings. The van der Waals surface area contributed by atoms with E-state index in [1.807, 2.05) is 0 Å². The second-order valence-electron chi connectivity index (χ2n) is 6.70. The fraction of sp³-hybridized carbons (Fsp3) is 0.667. The third-order valence-electron chi connectivity index (χ3n) is 5.00. The number of nitrogens with two attached hydrogens (primary N) is 1. The molecule has 0 aliphatic carbocycles. The Labute approximate surface area is 152 Å². The highest BCUT2D eigenvalue weighted by atomic mass is 32.2. The number of nitrogen functional groups attached to an aromatic ring is 1. The van der Waals surface area contributed by atoms with Crippen LogP contribution in [0.25, 0.3) is 0 Å². The summed E-state index contributed by atoms with van der Waals surface area (Å²) in [4.78, 5) is 1.90. The fourth-order valence-electron chi connectivity index (χ4n) is 3.27. The standard InChI is InChI=1S/C18H32N4O2S/c1-3-21(4-2)12-8-11-20-18-15-16(9-10-17(18)19)25(23,24)22-13-6-5-7-14-22/h9-10,15,20H,3-8,11-14,19H2,1-2H3/p+1. The number of rotatable bonds is 9. The van der Waals surface area contributed by atoms with E-state index in [9.17, 15) is 8.42 Å². The van der Waals surface area contributed by atoms with Crippen molar-refractivity contribution in [3.8, 4) is 0 Å². The molecule has 6 nitrogen and oxygen atoms in total. The molecule has 1 aliphatic heterocycles. The molecule has 0 atom stereocenters. The molecule has 2 rings (SSSR count). The van der Waals surface area contributed by atoms with E-state index in [1.165, 1.54) is 0 Å². The van der Waals surface area contributed by atoms with Crippen molar-refractivity contribution in [3.63, 3.8) is 0 Å². The number of benzene rings is 1. The SMILES string of the molecule is CC[NH+](CC)CCCNc1cc(S(=O)(=O)N2CCCCC2)ccc1N. The van der Waals surface area contributed by atoms with E-state index in [0.717, 1.165) is 51.9 Å². The zero-order valence-electron chi connectivity index (χ0n) is 15.6. The minimum atomic E-state index is -3.42. The fourth-order valence-corrected chi connectivity index (χ4v) is 4.81. The van der Waals surface area contributed by atoms with Gasteiger partial charge in [0, 0.05) is 26.1 Å². The molecule has 25 heavy (non-hydrogen) atoms. The lowest BCUT2D eigenvalue weighted by atomic mass is 10.2. The van der Waals surface area contributed by atoms with Gasteiger partial charge >= 0.3 is 0 Å². The summed E-state index contributed by atoms with van der Waals surface area (Å²) in [6, 6.07) is 4.99. The van der Waals surface area contributed by atoms with Gasteiger partial charge in [0.15, 0.2) is 0 Å². The monoisotopic (exact) mass is 369 g/mol. The Bertz CT molecular complexity index is 638. The summed E-state index contributed by atoms with van der Waals surface area (Å²) in [5.74, 6) is 0. The van der Waals surface area contributed by atoms with Crippen molar-refractivity contribution in [3.05, 3.63) is 18.2 Å². The number of quaternary nitrogens is 1. The topological polar surface area (TPSA) is 79.9 Å². The third kappa shape index (κ3) is 5.33. The van der Waals surface area contributed by atoms with Crippen LogP contribution >= 0.6 is 0 Å². The maximum absolute atomic E-state index is 12.8. The largest absolute Gasteiger partial charge is 0.397 e. The van der Waals surface area contributed by atoms with E-state index >= 15 is 0 Å². The van der Waals surface area contributed by atoms with Gasteiger partial charge in [0.25, 0.3) is 0 Å². The normalized spacial score (nSPS) is 16.3. The zero-order valence-corrected chi connectivity index (χ0v) is 16.4. The second kappa shape index (κ2) is 9.40. The molecule has 0 amide bonds. The number of hydrogen-bond acceptors (Lipinski definition) is 4. The Kier molecular flexibility index (Phi) is 7.53. The molecule has 1 fully saturated rings. The van der Waals surface area contributed by atoms with Gasteiger partial charge in [0.2, 0.25) is 10.0 Å². The van der Waals surface area contributed by atoms with Gasteiger partial charge in [0.1, 0.15) is 0 Å². The van der Waals surface area contributed by atoms with Crippen LogP contribution in [0.4, 0.5) is 11.4 Å². The molecule has 4 N–H and O–H groups in total. The molecule has 0 aromatic heterocycles. The first kappa shape index (κ1) is 20.0. The maximum atomic E-state index is 12.8. The van der Waals surface area contributed by atoms with Gasteiger partial charge in [0.05, 0.1) is 35.9 Å². The summed E-state index contributed by atoms with van der Waals surface area (Å²) in [5.41, 5.74) is 7.34. The first-order chi connectivity index (χ1) is 12.0. The van der Waals surface area contributed by atoms with Crippen LogP contribution in [0.3, 0.4) is 0 Å². The summed E-state index contributed by atoms with van der Waals surface area (Å²) in [7, 11) is -3.42. The molecule has 0 radical (unpaired) electrons. The molecule has 0 unspecified atom stereocenters. The second-order valence-corrected chi connectivity index (χ2v) is 8.64. The number of piperidine rings is 1. The summed E-state index contributed by atoms with van der Waals surface area (Å²) in [5, 5.41) is 3.31. The van der Waals surface area contributed by atoms with Crippen molar-refractivity contribution < 1.29 is 13.3 Å². The summed E-state index contributed by atoms with van der Waals surface area (Å²) >= 11 is 0. The van der Waals surface area contributed by atoms with E-state index in [-0.39, 0.29) is 0 Å². The Morgan fingerprint density at radius 3 is 2.48 bits per heavy atom. The number of nitrogens with zero attached hydrogens (tertiary/aromatic N) is 1. The highest BCUT2D eigenvalue weighted by Gasteiger charge is 2.26. The van der Waals surface area contributed by atoms with Crippen molar-refractivity contribution in [1.29, 1.82) is 0 Å². The molecular formula is C18H33N4O2S+. The Balaban J connectivity index is 2.01. The first-order valence-corrected chi connectivity index (χ1v) is 10.9. The van der Waals surface area contributed by atoms with Gasteiger partial charge < -0.3 is 16.0 Å². The molecule has 1 heterocycles. The molecule has 1 aromatic rings. The minimum Gasteiger partial charge on any atom is -0.397 e. The number of nitrogens with one attached hydrogen (secondary N) is 2. The smallest absolute Gasteiger partial charge is 0.243 e. The molecule has 142 valence electrons. The van der Waals surface area contributed by atoms with Crippen LogP contribution in [0, 0.1) is 0 Å². The van der Waals surface area contributed by atoms with E-state index in [1.54, 1.807) is 27.4 Å². The van der Waals surface area contributed by atoms with Crippen LogP contribution in [-0.2, 0) is 10.0 Å². The van der Waals surface area contributed by atoms with Crippen molar-refractivity contribution in [2.75, 3.05) is 50.3 Å². The van der Waals surface area contributed by atoms with Gasteiger partial charge in [-0.15, -0.1) is 0 Å². The van der Waals surface area contributed by atoms with E-state index in [0.29, 0.717) is 29.4 Å². The van der Waals surface area contributed by atoms with Gasteiger partial charge in [-0.1, -0.05) is 6.42 Å². The van der Waals surface area contributed by atoms with Crippen molar-refractivity contribution in [2.45, 2.75) is 44.4 Å². The molecule has 1 aromatic carbocycles. The van der Waals surface area contributed by atoms with E-state index in [2.05, 4.69) is 19.2 Å². The predicted octanol–water partition coefficient (Wildman–Crippen LogP) is 1.17. The van der Waals surface area contributed by atoms with Crippen LogP contribution in [0.2, 0.25) is 0 Å². The lowest BCUT2D eigenvalue weighted by Gasteiger charge is -2.26. The predicted molar refractivity (Wildman–Crippen MR) is 103 cm³/mol. The molecular weight excluding hydrogens is 336 g/mol. The van der Waals surface area contributed by atoms with Crippen molar-refractivity contribution in [2.24, 2.45) is 0 Å². The van der Waals surface area contributed by atoms with E-state index in [4.69, 9.17) is 5.73 Å². The minimum absolute atomic E-state index is 0.334. The lowest BCUT2D eigenvalue weighted by Crippen LogP contribution is -3.11. The van der Waals surface area contributed by atoms with Gasteiger partial charge in [-0.2, -0.15) is 4.31 Å². The molecule has 0 spiro atoms. The average Bonchev–Trinajstić information content (AvgIpc) is 2.63.